The van der Waals surface area contributed by atoms with Crippen molar-refractivity contribution in [1.82, 2.24) is 4.90 Å². The highest BCUT2D eigenvalue weighted by molar-refractivity contribution is 5.76. The van der Waals surface area contributed by atoms with Gasteiger partial charge in [-0.05, 0) is 37.5 Å². The van der Waals surface area contributed by atoms with Gasteiger partial charge in [0.15, 0.2) is 0 Å². The lowest BCUT2D eigenvalue weighted by Gasteiger charge is -2.32. The van der Waals surface area contributed by atoms with Crippen LogP contribution in [-0.4, -0.2) is 37.1 Å². The largest absolute Gasteiger partial charge is 0.381 e. The Hall–Kier alpha value is -0.570. The molecule has 0 aromatic rings. The van der Waals surface area contributed by atoms with Gasteiger partial charge in [-0.15, -0.1) is 0 Å². The third-order valence-corrected chi connectivity index (χ3v) is 3.73. The number of carbonyl (C=O) groups is 1. The smallest absolute Gasteiger partial charge is 0.222 e. The Morgan fingerprint density at radius 1 is 1.38 bits per heavy atom. The van der Waals surface area contributed by atoms with Gasteiger partial charge in [-0.3, -0.25) is 4.79 Å². The molecule has 2 aliphatic heterocycles. The molecule has 0 bridgehead atoms. The number of nitrogens with zero attached hydrogens (tertiary/aromatic N) is 1. The minimum Gasteiger partial charge on any atom is -0.381 e. The lowest BCUT2D eigenvalue weighted by atomic mass is 9.96. The number of likely N-dealkylation sites (tertiary alicyclic amines) is 1. The van der Waals surface area contributed by atoms with E-state index < -0.39 is 0 Å². The molecule has 2 heterocycles. The third-order valence-electron chi connectivity index (χ3n) is 3.73. The standard InChI is InChI=1S/C13H23NO2/c1-11-4-2-6-14(9-11)13(15)8-12-5-3-7-16-10-12/h11-12H,2-10H2,1H3. The van der Waals surface area contributed by atoms with Crippen LogP contribution in [-0.2, 0) is 9.53 Å². The van der Waals surface area contributed by atoms with Gasteiger partial charge >= 0.3 is 0 Å². The number of amides is 1. The van der Waals surface area contributed by atoms with Gasteiger partial charge in [-0.1, -0.05) is 6.92 Å². The van der Waals surface area contributed by atoms with Crippen molar-refractivity contribution < 1.29 is 9.53 Å². The van der Waals surface area contributed by atoms with Gasteiger partial charge in [0.1, 0.15) is 0 Å². The maximum absolute atomic E-state index is 12.1. The second-order valence-electron chi connectivity index (χ2n) is 5.37. The van der Waals surface area contributed by atoms with Crippen LogP contribution in [0.1, 0.15) is 39.0 Å². The summed E-state index contributed by atoms with van der Waals surface area (Å²) in [5, 5.41) is 0. The predicted molar refractivity (Wildman–Crippen MR) is 63.1 cm³/mol. The lowest BCUT2D eigenvalue weighted by Crippen LogP contribution is -2.40. The molecule has 3 heteroatoms. The average molecular weight is 225 g/mol. The second-order valence-corrected chi connectivity index (χ2v) is 5.37. The lowest BCUT2D eigenvalue weighted by molar-refractivity contribution is -0.135. The summed E-state index contributed by atoms with van der Waals surface area (Å²) in [6, 6.07) is 0. The minimum atomic E-state index is 0.349. The van der Waals surface area contributed by atoms with Crippen molar-refractivity contribution >= 4 is 5.91 Å². The van der Waals surface area contributed by atoms with Gasteiger partial charge in [0, 0.05) is 32.7 Å². The second kappa shape index (κ2) is 5.67. The fourth-order valence-corrected chi connectivity index (χ4v) is 2.76. The van der Waals surface area contributed by atoms with E-state index in [0.29, 0.717) is 24.2 Å². The van der Waals surface area contributed by atoms with Gasteiger partial charge in [-0.2, -0.15) is 0 Å². The van der Waals surface area contributed by atoms with Crippen LogP contribution < -0.4 is 0 Å². The van der Waals surface area contributed by atoms with Crippen LogP contribution in [0.3, 0.4) is 0 Å². The zero-order chi connectivity index (χ0) is 11.4. The highest BCUT2D eigenvalue weighted by Gasteiger charge is 2.24. The number of hydrogen-bond acceptors (Lipinski definition) is 2. The number of hydrogen-bond donors (Lipinski definition) is 0. The van der Waals surface area contributed by atoms with E-state index >= 15 is 0 Å². The van der Waals surface area contributed by atoms with Crippen LogP contribution in [0.15, 0.2) is 0 Å². The SMILES string of the molecule is CC1CCCN(C(=O)CC2CCCOC2)C1. The highest BCUT2D eigenvalue weighted by Crippen LogP contribution is 2.21. The van der Waals surface area contributed by atoms with Crippen molar-refractivity contribution in [2.24, 2.45) is 11.8 Å². The topological polar surface area (TPSA) is 29.5 Å². The van der Waals surface area contributed by atoms with E-state index in [1.807, 2.05) is 0 Å². The molecule has 2 unspecified atom stereocenters. The molecule has 2 saturated heterocycles. The molecule has 0 N–H and O–H groups in total. The summed E-state index contributed by atoms with van der Waals surface area (Å²) < 4.78 is 5.42. The molecule has 2 atom stereocenters. The summed E-state index contributed by atoms with van der Waals surface area (Å²) in [6.45, 7) is 5.84. The van der Waals surface area contributed by atoms with Gasteiger partial charge in [0.25, 0.3) is 0 Å². The molecule has 16 heavy (non-hydrogen) atoms. The summed E-state index contributed by atoms with van der Waals surface area (Å²) >= 11 is 0. The van der Waals surface area contributed by atoms with E-state index in [9.17, 15) is 4.79 Å². The Balaban J connectivity index is 1.77. The average Bonchev–Trinajstić information content (AvgIpc) is 2.30. The van der Waals surface area contributed by atoms with Crippen LogP contribution in [0.4, 0.5) is 0 Å². The first-order valence-corrected chi connectivity index (χ1v) is 6.61. The Labute approximate surface area is 98.1 Å². The maximum atomic E-state index is 12.1. The minimum absolute atomic E-state index is 0.349. The summed E-state index contributed by atoms with van der Waals surface area (Å²) in [5.41, 5.74) is 0. The van der Waals surface area contributed by atoms with Crippen LogP contribution >= 0.6 is 0 Å². The third kappa shape index (κ3) is 3.21. The molecule has 0 spiro atoms. The Bertz CT molecular complexity index is 236. The van der Waals surface area contributed by atoms with Crippen molar-refractivity contribution in [2.45, 2.75) is 39.0 Å². The predicted octanol–water partition coefficient (Wildman–Crippen LogP) is 2.06. The number of piperidine rings is 1. The summed E-state index contributed by atoms with van der Waals surface area (Å²) in [5.74, 6) is 1.50. The number of carbonyl (C=O) groups excluding carboxylic acids is 1. The first-order chi connectivity index (χ1) is 7.75. The van der Waals surface area contributed by atoms with Gasteiger partial charge in [0.2, 0.25) is 5.91 Å². The zero-order valence-electron chi connectivity index (χ0n) is 10.3. The molecule has 2 fully saturated rings. The van der Waals surface area contributed by atoms with Crippen molar-refractivity contribution in [3.63, 3.8) is 0 Å². The zero-order valence-corrected chi connectivity index (χ0v) is 10.3. The van der Waals surface area contributed by atoms with Crippen molar-refractivity contribution in [1.29, 1.82) is 0 Å². The first kappa shape index (κ1) is 11.9. The van der Waals surface area contributed by atoms with E-state index in [0.717, 1.165) is 39.1 Å². The normalized spacial score (nSPS) is 31.4. The molecule has 0 aromatic carbocycles. The molecule has 0 radical (unpaired) electrons. The van der Waals surface area contributed by atoms with E-state index in [4.69, 9.17) is 4.74 Å². The molecule has 92 valence electrons. The Morgan fingerprint density at radius 2 is 2.25 bits per heavy atom. The number of rotatable bonds is 2. The monoisotopic (exact) mass is 225 g/mol. The van der Waals surface area contributed by atoms with E-state index in [1.165, 1.54) is 12.8 Å². The molecule has 1 amide bonds. The molecule has 2 aliphatic rings. The van der Waals surface area contributed by atoms with Crippen LogP contribution in [0.25, 0.3) is 0 Å². The van der Waals surface area contributed by atoms with Crippen LogP contribution in [0.2, 0.25) is 0 Å². The number of ether oxygens (including phenoxy) is 1. The first-order valence-electron chi connectivity index (χ1n) is 6.61. The molecule has 0 saturated carbocycles. The summed E-state index contributed by atoms with van der Waals surface area (Å²) in [6.07, 6.45) is 5.43. The van der Waals surface area contributed by atoms with Gasteiger partial charge in [-0.25, -0.2) is 0 Å². The van der Waals surface area contributed by atoms with Gasteiger partial charge in [0.05, 0.1) is 0 Å². The Kier molecular flexibility index (Phi) is 4.22. The fourth-order valence-electron chi connectivity index (χ4n) is 2.76. The molecule has 2 rings (SSSR count). The van der Waals surface area contributed by atoms with E-state index in [2.05, 4.69) is 11.8 Å². The van der Waals surface area contributed by atoms with Crippen LogP contribution in [0, 0.1) is 11.8 Å². The van der Waals surface area contributed by atoms with Crippen molar-refractivity contribution in [2.75, 3.05) is 26.3 Å². The molecular weight excluding hydrogens is 202 g/mol. The maximum Gasteiger partial charge on any atom is 0.222 e. The molecule has 0 aliphatic carbocycles. The van der Waals surface area contributed by atoms with E-state index in [1.54, 1.807) is 0 Å². The van der Waals surface area contributed by atoms with Crippen molar-refractivity contribution in [3.05, 3.63) is 0 Å². The fraction of sp³-hybridized carbons (Fsp3) is 0.923. The van der Waals surface area contributed by atoms with Crippen molar-refractivity contribution in [3.8, 4) is 0 Å². The highest BCUT2D eigenvalue weighted by atomic mass is 16.5. The van der Waals surface area contributed by atoms with Gasteiger partial charge < -0.3 is 9.64 Å². The quantitative estimate of drug-likeness (QED) is 0.720. The molecule has 3 nitrogen and oxygen atoms in total. The van der Waals surface area contributed by atoms with Crippen LogP contribution in [0.5, 0.6) is 0 Å². The molecule has 0 aromatic heterocycles. The Morgan fingerprint density at radius 3 is 2.94 bits per heavy atom. The molecular formula is C13H23NO2. The van der Waals surface area contributed by atoms with E-state index in [-0.39, 0.29) is 0 Å². The summed E-state index contributed by atoms with van der Waals surface area (Å²) in [7, 11) is 0. The summed E-state index contributed by atoms with van der Waals surface area (Å²) in [4.78, 5) is 14.1.